The highest BCUT2D eigenvalue weighted by atomic mass is 16.7. The molecule has 2 aromatic rings. The molecule has 3 aliphatic rings. The first-order valence-corrected chi connectivity index (χ1v) is 26.3. The minimum absolute atomic E-state index is 0.00112. The molecule has 14 heteroatoms. The summed E-state index contributed by atoms with van der Waals surface area (Å²) in [5, 5.41) is 37.4. The average molecular weight is 974 g/mol. The van der Waals surface area contributed by atoms with E-state index in [1.807, 2.05) is 42.5 Å². The lowest BCUT2D eigenvalue weighted by Crippen LogP contribution is -2.70. The Morgan fingerprint density at radius 3 is 2.29 bits per heavy atom. The normalized spacial score (nSPS) is 21.7. The minimum atomic E-state index is -1.54. The predicted molar refractivity (Wildman–Crippen MR) is 273 cm³/mol. The second-order valence-corrected chi connectivity index (χ2v) is 18.8. The van der Waals surface area contributed by atoms with Gasteiger partial charge < -0.3 is 49.2 Å². The lowest BCUT2D eigenvalue weighted by Gasteiger charge is -2.59. The zero-order valence-corrected chi connectivity index (χ0v) is 42.0. The van der Waals surface area contributed by atoms with Crippen molar-refractivity contribution in [1.29, 1.82) is 0 Å². The third kappa shape index (κ3) is 16.4. The molecule has 2 aromatic carbocycles. The monoisotopic (exact) mass is 974 g/mol. The second kappa shape index (κ2) is 31.6. The molecule has 1 fully saturated rings. The summed E-state index contributed by atoms with van der Waals surface area (Å²) >= 11 is 0. The molecule has 0 bridgehead atoms. The van der Waals surface area contributed by atoms with Gasteiger partial charge in [-0.1, -0.05) is 131 Å². The summed E-state index contributed by atoms with van der Waals surface area (Å²) in [5.74, 6) is -1.62. The molecular formula is C56H83N3O11. The molecule has 0 aromatic heterocycles. The maximum atomic E-state index is 14.5. The van der Waals surface area contributed by atoms with Gasteiger partial charge in [0, 0.05) is 44.2 Å². The van der Waals surface area contributed by atoms with Gasteiger partial charge in [-0.15, -0.1) is 13.2 Å². The summed E-state index contributed by atoms with van der Waals surface area (Å²) in [6.07, 6.45) is 21.4. The highest BCUT2D eigenvalue weighted by molar-refractivity contribution is 6.03. The van der Waals surface area contributed by atoms with Crippen molar-refractivity contribution in [3.05, 3.63) is 96.6 Å². The van der Waals surface area contributed by atoms with Gasteiger partial charge in [-0.05, 0) is 79.7 Å². The lowest BCUT2D eigenvalue weighted by atomic mass is 9.55. The zero-order chi connectivity index (χ0) is 49.8. The molecule has 70 heavy (non-hydrogen) atoms. The van der Waals surface area contributed by atoms with Gasteiger partial charge in [0.1, 0.15) is 24.1 Å². The molecule has 1 saturated carbocycles. The molecule has 6 unspecified atom stereocenters. The Hall–Kier alpha value is -4.73. The van der Waals surface area contributed by atoms with Gasteiger partial charge in [-0.3, -0.25) is 4.90 Å². The number of nitrogens with one attached hydrogen (secondary N) is 1. The fraction of sp³-hybridized carbons (Fsp3) is 0.625. The Balaban J connectivity index is 1.58. The molecule has 0 radical (unpaired) electrons. The van der Waals surface area contributed by atoms with Crippen molar-refractivity contribution in [1.82, 2.24) is 10.2 Å². The number of nitrogens with zero attached hydrogens (tertiary/aromatic N) is 2. The SMILES string of the molecule is C=CCCOC(=O)N(CCOCCO)C1CC(=NOCc2ccccc2)C2=CC(CCCCO)C(CCCCO)C3c4cc(OC(=O)NCCCCCCCCCCCC)ccc4OC1(OCC=C)C23. The van der Waals surface area contributed by atoms with Crippen LogP contribution in [0, 0.1) is 17.8 Å². The zero-order valence-electron chi connectivity index (χ0n) is 42.0. The van der Waals surface area contributed by atoms with E-state index in [0.29, 0.717) is 43.0 Å². The molecule has 4 N–H and O–H groups in total. The third-order valence-electron chi connectivity index (χ3n) is 13.8. The number of benzene rings is 2. The van der Waals surface area contributed by atoms with Crippen molar-refractivity contribution in [2.45, 2.75) is 147 Å². The highest BCUT2D eigenvalue weighted by Gasteiger charge is 2.65. The van der Waals surface area contributed by atoms with Crippen LogP contribution < -0.4 is 14.8 Å². The number of carbonyl (C=O) groups excluding carboxylic acids is 2. The quantitative estimate of drug-likeness (QED) is 0.0294. The van der Waals surface area contributed by atoms with Gasteiger partial charge in [0.15, 0.2) is 0 Å². The summed E-state index contributed by atoms with van der Waals surface area (Å²) in [7, 11) is 0. The number of rotatable bonds is 35. The van der Waals surface area contributed by atoms with Gasteiger partial charge in [0.05, 0.1) is 44.7 Å². The third-order valence-corrected chi connectivity index (χ3v) is 13.8. The van der Waals surface area contributed by atoms with Crippen LogP contribution in [0.1, 0.15) is 140 Å². The van der Waals surface area contributed by atoms with Crippen LogP contribution in [0.15, 0.2) is 90.6 Å². The van der Waals surface area contributed by atoms with E-state index in [0.717, 1.165) is 61.6 Å². The number of allylic oxidation sites excluding steroid dienone is 1. The Morgan fingerprint density at radius 2 is 1.59 bits per heavy atom. The van der Waals surface area contributed by atoms with E-state index in [9.17, 15) is 24.9 Å². The predicted octanol–water partition coefficient (Wildman–Crippen LogP) is 10.6. The van der Waals surface area contributed by atoms with Crippen LogP contribution in [-0.4, -0.2) is 109 Å². The Kier molecular flexibility index (Phi) is 25.3. The van der Waals surface area contributed by atoms with Crippen LogP contribution in [-0.2, 0) is 25.7 Å². The topological polar surface area (TPSA) is 178 Å². The number of unbranched alkanes of at least 4 members (excludes halogenated alkanes) is 11. The molecule has 0 saturated heterocycles. The van der Waals surface area contributed by atoms with E-state index in [-0.39, 0.29) is 83.6 Å². The second-order valence-electron chi connectivity index (χ2n) is 18.8. The van der Waals surface area contributed by atoms with Crippen LogP contribution in [0.25, 0.3) is 0 Å². The average Bonchev–Trinajstić information content (AvgIpc) is 3.37. The van der Waals surface area contributed by atoms with Crippen LogP contribution in [0.4, 0.5) is 9.59 Å². The fourth-order valence-corrected chi connectivity index (χ4v) is 10.4. The molecule has 2 amide bonds. The summed E-state index contributed by atoms with van der Waals surface area (Å²) in [6, 6.07) is 14.4. The maximum Gasteiger partial charge on any atom is 0.412 e. The lowest BCUT2D eigenvalue weighted by molar-refractivity contribution is -0.256. The number of hydrogen-bond donors (Lipinski definition) is 4. The van der Waals surface area contributed by atoms with Crippen molar-refractivity contribution in [3.8, 4) is 11.5 Å². The first-order valence-electron chi connectivity index (χ1n) is 26.3. The number of amides is 2. The number of aliphatic hydroxyl groups excluding tert-OH is 3. The number of ether oxygens (including phenoxy) is 5. The van der Waals surface area contributed by atoms with Gasteiger partial charge in [-0.25, -0.2) is 9.59 Å². The molecule has 388 valence electrons. The molecule has 1 heterocycles. The number of hydrogen-bond acceptors (Lipinski definition) is 12. The maximum absolute atomic E-state index is 14.5. The van der Waals surface area contributed by atoms with Crippen molar-refractivity contribution in [3.63, 3.8) is 0 Å². The van der Waals surface area contributed by atoms with E-state index in [1.54, 1.807) is 23.1 Å². The standard InChI is InChI=1S/C56H83N3O11/c1-4-7-9-10-11-12-13-14-15-21-30-57-54(63)69-45-28-29-50-48(40-45)52-46(27-20-23-33-61)44(26-19-22-32-60)39-47-49(58-68-42-43-24-17-16-18-25-43)41-51(56(70-50,53(47)52)67-35-6-3)59(31-37-65-38-34-62)55(64)66-36-8-5-2/h5-6,16-18,24-25,28-29,39-40,44,46,51-53,60-62H,2-4,7-15,19-23,26-27,30-38,41-42H2,1H3,(H,57,63). The first kappa shape index (κ1) is 56.2. The number of oxime groups is 1. The molecular weight excluding hydrogens is 891 g/mol. The van der Waals surface area contributed by atoms with Crippen LogP contribution >= 0.6 is 0 Å². The largest absolute Gasteiger partial charge is 0.459 e. The summed E-state index contributed by atoms with van der Waals surface area (Å²) in [5.41, 5.74) is 3.26. The summed E-state index contributed by atoms with van der Waals surface area (Å²) in [6.45, 7) is 11.2. The van der Waals surface area contributed by atoms with Crippen molar-refractivity contribution < 1.29 is 53.4 Å². The first-order chi connectivity index (χ1) is 34.3. The summed E-state index contributed by atoms with van der Waals surface area (Å²) < 4.78 is 32.1. The van der Waals surface area contributed by atoms with E-state index >= 15 is 0 Å². The molecule has 1 aliphatic heterocycles. The van der Waals surface area contributed by atoms with Gasteiger partial charge in [0.25, 0.3) is 0 Å². The number of aliphatic hydroxyl groups is 3. The van der Waals surface area contributed by atoms with Gasteiger partial charge in [-0.2, -0.15) is 0 Å². The van der Waals surface area contributed by atoms with E-state index in [1.165, 1.54) is 44.9 Å². The van der Waals surface area contributed by atoms with Gasteiger partial charge in [0.2, 0.25) is 5.79 Å². The van der Waals surface area contributed by atoms with E-state index in [4.69, 9.17) is 33.7 Å². The Morgan fingerprint density at radius 1 is 0.857 bits per heavy atom. The van der Waals surface area contributed by atoms with E-state index < -0.39 is 29.9 Å². The van der Waals surface area contributed by atoms with Crippen molar-refractivity contribution in [2.24, 2.45) is 22.9 Å². The number of carbonyl (C=O) groups is 2. The van der Waals surface area contributed by atoms with Crippen molar-refractivity contribution >= 4 is 17.9 Å². The number of fused-ring (bicyclic) bond motifs is 2. The van der Waals surface area contributed by atoms with Gasteiger partial charge >= 0.3 is 12.2 Å². The molecule has 6 atom stereocenters. The van der Waals surface area contributed by atoms with Crippen LogP contribution in [0.3, 0.4) is 0 Å². The fourth-order valence-electron chi connectivity index (χ4n) is 10.4. The Labute approximate surface area is 417 Å². The molecule has 5 rings (SSSR count). The van der Waals surface area contributed by atoms with E-state index in [2.05, 4.69) is 31.5 Å². The Bertz CT molecular complexity index is 1930. The smallest absolute Gasteiger partial charge is 0.412 e. The van der Waals surface area contributed by atoms with Crippen LogP contribution in [0.5, 0.6) is 11.5 Å². The molecule has 2 aliphatic carbocycles. The van der Waals surface area contributed by atoms with Crippen molar-refractivity contribution in [2.75, 3.05) is 59.3 Å². The van der Waals surface area contributed by atoms with Crippen LogP contribution in [0.2, 0.25) is 0 Å². The molecule has 0 spiro atoms. The highest BCUT2D eigenvalue weighted by Crippen LogP contribution is 2.62. The summed E-state index contributed by atoms with van der Waals surface area (Å²) in [4.78, 5) is 35.7. The molecule has 14 nitrogen and oxygen atoms in total. The minimum Gasteiger partial charge on any atom is -0.459 e.